The van der Waals surface area contributed by atoms with Crippen molar-refractivity contribution in [3.05, 3.63) is 80.5 Å². The number of fused-ring (bicyclic) bond motifs is 3. The summed E-state index contributed by atoms with van der Waals surface area (Å²) in [5.74, 6) is 0.597. The number of hydrogen-bond donors (Lipinski definition) is 1. The minimum atomic E-state index is -0.442. The van der Waals surface area contributed by atoms with Gasteiger partial charge in [0.2, 0.25) is 0 Å². The van der Waals surface area contributed by atoms with Gasteiger partial charge in [-0.05, 0) is 30.5 Å². The molecule has 1 N–H and O–H groups in total. The zero-order valence-corrected chi connectivity index (χ0v) is 15.7. The van der Waals surface area contributed by atoms with Gasteiger partial charge >= 0.3 is 5.69 Å². The summed E-state index contributed by atoms with van der Waals surface area (Å²) in [4.78, 5) is 29.4. The van der Waals surface area contributed by atoms with Crippen LogP contribution in [0.4, 0.5) is 0 Å². The molecule has 1 aliphatic rings. The van der Waals surface area contributed by atoms with E-state index in [1.165, 1.54) is 4.57 Å². The lowest BCUT2D eigenvalue weighted by Gasteiger charge is -2.35. The summed E-state index contributed by atoms with van der Waals surface area (Å²) in [6, 6.07) is 15.0. The number of ether oxygens (including phenoxy) is 1. The van der Waals surface area contributed by atoms with Crippen molar-refractivity contribution in [1.82, 2.24) is 9.55 Å². The first kappa shape index (κ1) is 17.3. The van der Waals surface area contributed by atoms with Crippen molar-refractivity contribution in [1.29, 1.82) is 0 Å². The summed E-state index contributed by atoms with van der Waals surface area (Å²) in [6.45, 7) is 4.18. The third-order valence-electron chi connectivity index (χ3n) is 5.66. The Bertz CT molecular complexity index is 1140. The Morgan fingerprint density at radius 3 is 2.67 bits per heavy atom. The van der Waals surface area contributed by atoms with Crippen LogP contribution in [0, 0.1) is 0 Å². The fourth-order valence-electron chi connectivity index (χ4n) is 4.01. The summed E-state index contributed by atoms with van der Waals surface area (Å²) >= 11 is 0. The topological polar surface area (TPSA) is 64.1 Å². The number of methoxy groups -OCH3 is 1. The third-order valence-corrected chi connectivity index (χ3v) is 5.66. The molecule has 4 rings (SSSR count). The number of rotatable bonds is 3. The molecule has 0 aliphatic heterocycles. The van der Waals surface area contributed by atoms with Crippen molar-refractivity contribution < 1.29 is 4.74 Å². The highest BCUT2D eigenvalue weighted by atomic mass is 16.5. The molecule has 0 saturated heterocycles. The second-order valence-corrected chi connectivity index (χ2v) is 7.27. The number of aromatic amines is 1. The standard InChI is InChI=1S/C22H22N2O3/c1-4-22(2)13-14-8-5-6-11-17(14)19-18(22)20(25)24(21(26)23-19)15-9-7-10-16(12-15)27-3/h5-12H,4,13H2,1-3H3,(H,23,26)/t22-/m0/s1. The number of nitrogens with zero attached hydrogens (tertiary/aromatic N) is 1. The maximum Gasteiger partial charge on any atom is 0.333 e. The molecule has 27 heavy (non-hydrogen) atoms. The molecule has 1 aliphatic carbocycles. The Hall–Kier alpha value is -3.08. The van der Waals surface area contributed by atoms with Crippen LogP contribution in [0.1, 0.15) is 31.4 Å². The first-order valence-electron chi connectivity index (χ1n) is 9.11. The summed E-state index contributed by atoms with van der Waals surface area (Å²) in [5, 5.41) is 0. The normalized spacial score (nSPS) is 17.9. The van der Waals surface area contributed by atoms with Crippen LogP contribution in [0.3, 0.4) is 0 Å². The van der Waals surface area contributed by atoms with E-state index in [0.717, 1.165) is 24.0 Å². The molecule has 138 valence electrons. The zero-order chi connectivity index (χ0) is 19.2. The maximum atomic E-state index is 13.5. The quantitative estimate of drug-likeness (QED) is 0.776. The summed E-state index contributed by atoms with van der Waals surface area (Å²) in [7, 11) is 1.56. The largest absolute Gasteiger partial charge is 0.497 e. The van der Waals surface area contributed by atoms with Gasteiger partial charge in [-0.25, -0.2) is 9.36 Å². The fraction of sp³-hybridized carbons (Fsp3) is 0.273. The molecule has 2 aromatic carbocycles. The van der Waals surface area contributed by atoms with Crippen molar-refractivity contribution in [2.45, 2.75) is 32.1 Å². The predicted octanol–water partition coefficient (Wildman–Crippen LogP) is 3.43. The second kappa shape index (κ2) is 6.27. The Balaban J connectivity index is 2.07. The van der Waals surface area contributed by atoms with Crippen LogP contribution in [0.5, 0.6) is 5.75 Å². The summed E-state index contributed by atoms with van der Waals surface area (Å²) in [6.07, 6.45) is 1.57. The van der Waals surface area contributed by atoms with Crippen LogP contribution in [-0.4, -0.2) is 16.7 Å². The van der Waals surface area contributed by atoms with Crippen molar-refractivity contribution in [2.75, 3.05) is 7.11 Å². The van der Waals surface area contributed by atoms with Crippen molar-refractivity contribution in [3.8, 4) is 22.7 Å². The minimum absolute atomic E-state index is 0.263. The highest BCUT2D eigenvalue weighted by Gasteiger charge is 2.37. The first-order valence-corrected chi connectivity index (χ1v) is 9.11. The average molecular weight is 362 g/mol. The number of benzene rings is 2. The highest BCUT2D eigenvalue weighted by Crippen LogP contribution is 2.41. The van der Waals surface area contributed by atoms with E-state index < -0.39 is 5.69 Å². The molecule has 0 bridgehead atoms. The van der Waals surface area contributed by atoms with Crippen LogP contribution >= 0.6 is 0 Å². The van der Waals surface area contributed by atoms with E-state index in [0.29, 0.717) is 22.7 Å². The van der Waals surface area contributed by atoms with E-state index in [-0.39, 0.29) is 11.0 Å². The molecule has 0 radical (unpaired) electrons. The molecule has 0 fully saturated rings. The molecule has 0 spiro atoms. The molecule has 0 unspecified atom stereocenters. The zero-order valence-electron chi connectivity index (χ0n) is 15.7. The van der Waals surface area contributed by atoms with E-state index in [2.05, 4.69) is 24.9 Å². The Labute approximate surface area is 157 Å². The van der Waals surface area contributed by atoms with Crippen LogP contribution in [0.15, 0.2) is 58.1 Å². The van der Waals surface area contributed by atoms with Gasteiger partial charge in [-0.15, -0.1) is 0 Å². The summed E-state index contributed by atoms with van der Waals surface area (Å²) in [5.41, 5.74) is 2.87. The third kappa shape index (κ3) is 2.62. The lowest BCUT2D eigenvalue weighted by atomic mass is 9.69. The van der Waals surface area contributed by atoms with E-state index in [1.807, 2.05) is 18.2 Å². The van der Waals surface area contributed by atoms with Gasteiger partial charge in [-0.3, -0.25) is 4.79 Å². The van der Waals surface area contributed by atoms with Gasteiger partial charge in [0.15, 0.2) is 0 Å². The monoisotopic (exact) mass is 362 g/mol. The van der Waals surface area contributed by atoms with E-state index in [9.17, 15) is 9.59 Å². The molecule has 1 heterocycles. The first-order chi connectivity index (χ1) is 13.0. The number of H-pyrrole nitrogens is 1. The Morgan fingerprint density at radius 1 is 1.15 bits per heavy atom. The van der Waals surface area contributed by atoms with Crippen LogP contribution in [-0.2, 0) is 11.8 Å². The van der Waals surface area contributed by atoms with Gasteiger partial charge in [0.25, 0.3) is 5.56 Å². The lowest BCUT2D eigenvalue weighted by Crippen LogP contribution is -2.44. The molecular weight excluding hydrogens is 340 g/mol. The average Bonchev–Trinajstić information content (AvgIpc) is 2.68. The highest BCUT2D eigenvalue weighted by molar-refractivity contribution is 5.71. The minimum Gasteiger partial charge on any atom is -0.497 e. The van der Waals surface area contributed by atoms with E-state index in [4.69, 9.17) is 4.74 Å². The smallest absolute Gasteiger partial charge is 0.333 e. The Morgan fingerprint density at radius 2 is 1.93 bits per heavy atom. The van der Waals surface area contributed by atoms with Gasteiger partial charge < -0.3 is 9.72 Å². The van der Waals surface area contributed by atoms with Gasteiger partial charge in [-0.1, -0.05) is 44.2 Å². The SMILES string of the molecule is CC[C@@]1(C)Cc2ccccc2-c2[nH]c(=O)n(-c3cccc(OC)c3)c(=O)c21. The molecule has 1 atom stereocenters. The fourth-order valence-corrected chi connectivity index (χ4v) is 4.01. The van der Waals surface area contributed by atoms with Crippen molar-refractivity contribution in [2.24, 2.45) is 0 Å². The van der Waals surface area contributed by atoms with Crippen molar-refractivity contribution in [3.63, 3.8) is 0 Å². The molecule has 5 nitrogen and oxygen atoms in total. The molecular formula is C22H22N2O3. The molecule has 5 heteroatoms. The van der Waals surface area contributed by atoms with Gasteiger partial charge in [-0.2, -0.15) is 0 Å². The van der Waals surface area contributed by atoms with E-state index in [1.54, 1.807) is 31.4 Å². The van der Waals surface area contributed by atoms with Crippen LogP contribution in [0.2, 0.25) is 0 Å². The van der Waals surface area contributed by atoms with Crippen LogP contribution in [0.25, 0.3) is 16.9 Å². The molecule has 0 saturated carbocycles. The van der Waals surface area contributed by atoms with Crippen LogP contribution < -0.4 is 16.0 Å². The number of aromatic nitrogens is 2. The van der Waals surface area contributed by atoms with Crippen molar-refractivity contribution >= 4 is 0 Å². The molecule has 0 amide bonds. The van der Waals surface area contributed by atoms with Gasteiger partial charge in [0.05, 0.1) is 18.5 Å². The van der Waals surface area contributed by atoms with E-state index >= 15 is 0 Å². The van der Waals surface area contributed by atoms with Gasteiger partial charge in [0, 0.05) is 22.6 Å². The number of nitrogens with one attached hydrogen (secondary N) is 1. The number of hydrogen-bond acceptors (Lipinski definition) is 3. The summed E-state index contributed by atoms with van der Waals surface area (Å²) < 4.78 is 6.46. The molecule has 1 aromatic heterocycles. The Kier molecular flexibility index (Phi) is 4.02. The molecule has 3 aromatic rings. The predicted molar refractivity (Wildman–Crippen MR) is 106 cm³/mol. The van der Waals surface area contributed by atoms with Gasteiger partial charge in [0.1, 0.15) is 5.75 Å². The lowest BCUT2D eigenvalue weighted by molar-refractivity contribution is 0.414. The second-order valence-electron chi connectivity index (χ2n) is 7.27. The maximum absolute atomic E-state index is 13.5.